The van der Waals surface area contributed by atoms with Crippen molar-refractivity contribution >= 4 is 5.69 Å². The van der Waals surface area contributed by atoms with Crippen molar-refractivity contribution in [3.8, 4) is 23.7 Å². The molecule has 0 aliphatic heterocycles. The van der Waals surface area contributed by atoms with Gasteiger partial charge in [-0.25, -0.2) is 0 Å². The number of nitrogens with zero attached hydrogens (tertiary/aromatic N) is 2. The van der Waals surface area contributed by atoms with E-state index in [4.69, 9.17) is 5.26 Å². The summed E-state index contributed by atoms with van der Waals surface area (Å²) in [6, 6.07) is 4.15. The Bertz CT molecular complexity index is 564. The Morgan fingerprint density at radius 3 is 2.83 bits per heavy atom. The highest BCUT2D eigenvalue weighted by atomic mass is 16.6. The van der Waals surface area contributed by atoms with Gasteiger partial charge in [0.05, 0.1) is 22.1 Å². The first kappa shape index (κ1) is 13.5. The molecule has 1 aromatic rings. The van der Waals surface area contributed by atoms with Gasteiger partial charge in [0.1, 0.15) is 0 Å². The number of nitro groups is 1. The normalized spacial score (nSPS) is 9.11. The number of nitro benzene ring substituents is 1. The van der Waals surface area contributed by atoms with Crippen molar-refractivity contribution in [1.82, 2.24) is 5.32 Å². The molecule has 92 valence electrons. The summed E-state index contributed by atoms with van der Waals surface area (Å²) in [6.07, 6.45) is 0.542. The minimum Gasteiger partial charge on any atom is -0.501 e. The van der Waals surface area contributed by atoms with Crippen molar-refractivity contribution in [3.63, 3.8) is 0 Å². The Kier molecular flexibility index (Phi) is 4.67. The molecular formula is C12H11N3O3. The maximum absolute atomic E-state index is 10.7. The van der Waals surface area contributed by atoms with E-state index in [-0.39, 0.29) is 11.1 Å². The van der Waals surface area contributed by atoms with E-state index < -0.39 is 16.4 Å². The van der Waals surface area contributed by atoms with Crippen LogP contribution in [0, 0.1) is 33.3 Å². The number of phenols is 1. The summed E-state index contributed by atoms with van der Waals surface area (Å²) in [6.45, 7) is 0.674. The zero-order valence-electron chi connectivity index (χ0n) is 9.73. The average molecular weight is 245 g/mol. The minimum absolute atomic E-state index is 0.0943. The lowest BCUT2D eigenvalue weighted by molar-refractivity contribution is -0.385. The molecule has 0 aromatic heterocycles. The summed E-state index contributed by atoms with van der Waals surface area (Å²) in [5.41, 5.74) is -0.318. The van der Waals surface area contributed by atoms with Crippen LogP contribution in [0.5, 0.6) is 5.75 Å². The minimum atomic E-state index is -0.741. The van der Waals surface area contributed by atoms with Gasteiger partial charge in [-0.2, -0.15) is 5.26 Å². The summed E-state index contributed by atoms with van der Waals surface area (Å²) in [5, 5.41) is 32.0. The molecule has 0 amide bonds. The van der Waals surface area contributed by atoms with Gasteiger partial charge in [0.15, 0.2) is 0 Å². The van der Waals surface area contributed by atoms with Crippen molar-refractivity contribution in [1.29, 1.82) is 5.26 Å². The summed E-state index contributed by atoms with van der Waals surface area (Å²) < 4.78 is 0. The molecular weight excluding hydrogens is 234 g/mol. The van der Waals surface area contributed by atoms with E-state index in [9.17, 15) is 15.2 Å². The zero-order chi connectivity index (χ0) is 13.5. The van der Waals surface area contributed by atoms with Gasteiger partial charge in [0.2, 0.25) is 5.75 Å². The van der Waals surface area contributed by atoms with Gasteiger partial charge >= 0.3 is 5.69 Å². The van der Waals surface area contributed by atoms with Gasteiger partial charge in [-0.05, 0) is 13.1 Å². The van der Waals surface area contributed by atoms with Crippen LogP contribution in [0.1, 0.15) is 17.5 Å². The van der Waals surface area contributed by atoms with E-state index in [0.717, 1.165) is 6.07 Å². The van der Waals surface area contributed by atoms with Gasteiger partial charge in [-0.1, -0.05) is 11.8 Å². The van der Waals surface area contributed by atoms with Gasteiger partial charge < -0.3 is 10.4 Å². The fourth-order valence-corrected chi connectivity index (χ4v) is 1.26. The molecule has 0 atom stereocenters. The molecule has 0 saturated carbocycles. The molecule has 0 bridgehead atoms. The molecule has 18 heavy (non-hydrogen) atoms. The largest absolute Gasteiger partial charge is 0.501 e. The number of nitriles is 1. The quantitative estimate of drug-likeness (QED) is 0.360. The third-order valence-electron chi connectivity index (χ3n) is 2.14. The van der Waals surface area contributed by atoms with E-state index >= 15 is 0 Å². The van der Waals surface area contributed by atoms with Crippen LogP contribution in [0.15, 0.2) is 12.1 Å². The average Bonchev–Trinajstić information content (AvgIpc) is 2.36. The highest BCUT2D eigenvalue weighted by molar-refractivity contribution is 5.61. The molecule has 0 aliphatic rings. The number of hydrogen-bond donors (Lipinski definition) is 2. The lowest BCUT2D eigenvalue weighted by atomic mass is 10.1. The molecule has 6 nitrogen and oxygen atoms in total. The molecule has 0 unspecified atom stereocenters. The third-order valence-corrected chi connectivity index (χ3v) is 2.14. The molecule has 0 fully saturated rings. The highest BCUT2D eigenvalue weighted by Crippen LogP contribution is 2.30. The van der Waals surface area contributed by atoms with E-state index in [1.807, 2.05) is 0 Å². The molecule has 6 heteroatoms. The molecule has 1 rings (SSSR count). The first-order valence-corrected chi connectivity index (χ1v) is 5.15. The molecule has 0 aliphatic carbocycles. The van der Waals surface area contributed by atoms with Crippen molar-refractivity contribution < 1.29 is 10.0 Å². The second-order valence-electron chi connectivity index (χ2n) is 3.42. The van der Waals surface area contributed by atoms with Gasteiger partial charge in [-0.15, -0.1) is 0 Å². The summed E-state index contributed by atoms with van der Waals surface area (Å²) in [5.74, 6) is 4.87. The smallest absolute Gasteiger partial charge is 0.313 e. The number of rotatable bonds is 3. The van der Waals surface area contributed by atoms with E-state index in [1.165, 1.54) is 6.07 Å². The Hall–Kier alpha value is -2.57. The number of hydrogen-bond acceptors (Lipinski definition) is 5. The summed E-state index contributed by atoms with van der Waals surface area (Å²) in [4.78, 5) is 9.96. The monoisotopic (exact) mass is 245 g/mol. The standard InChI is InChI=1S/C12H11N3O3/c1-14-5-3-2-4-10-6-9(8-13)7-11(12(10)16)15(17)18/h6-7,14,16H,3,5H2,1H3. The van der Waals surface area contributed by atoms with Crippen LogP contribution in [0.2, 0.25) is 0 Å². The number of benzene rings is 1. The number of phenolic OH excluding ortho intramolecular Hbond substituents is 1. The third kappa shape index (κ3) is 3.21. The van der Waals surface area contributed by atoms with Crippen LogP contribution >= 0.6 is 0 Å². The lowest BCUT2D eigenvalue weighted by Crippen LogP contribution is -2.05. The second-order valence-corrected chi connectivity index (χ2v) is 3.42. The lowest BCUT2D eigenvalue weighted by Gasteiger charge is -1.99. The Labute approximate surface area is 104 Å². The first-order valence-electron chi connectivity index (χ1n) is 5.15. The van der Waals surface area contributed by atoms with E-state index in [1.54, 1.807) is 13.1 Å². The summed E-state index contributed by atoms with van der Waals surface area (Å²) >= 11 is 0. The first-order chi connectivity index (χ1) is 8.60. The van der Waals surface area contributed by atoms with Crippen molar-refractivity contribution in [2.45, 2.75) is 6.42 Å². The van der Waals surface area contributed by atoms with E-state index in [2.05, 4.69) is 17.2 Å². The Morgan fingerprint density at radius 2 is 2.28 bits per heavy atom. The molecule has 0 radical (unpaired) electrons. The van der Waals surface area contributed by atoms with Crippen molar-refractivity contribution in [3.05, 3.63) is 33.4 Å². The maximum Gasteiger partial charge on any atom is 0.313 e. The molecule has 0 saturated heterocycles. The number of aromatic hydroxyl groups is 1. The SMILES string of the molecule is CNCCC#Cc1cc(C#N)cc([N+](=O)[O-])c1O. The molecule has 0 spiro atoms. The highest BCUT2D eigenvalue weighted by Gasteiger charge is 2.18. The van der Waals surface area contributed by atoms with E-state index in [0.29, 0.717) is 13.0 Å². The zero-order valence-corrected chi connectivity index (χ0v) is 9.73. The second kappa shape index (κ2) is 6.24. The van der Waals surface area contributed by atoms with Crippen LogP contribution in [0.25, 0.3) is 0 Å². The molecule has 2 N–H and O–H groups in total. The maximum atomic E-state index is 10.7. The predicted molar refractivity (Wildman–Crippen MR) is 64.9 cm³/mol. The topological polar surface area (TPSA) is 99.2 Å². The fourth-order valence-electron chi connectivity index (χ4n) is 1.26. The predicted octanol–water partition coefficient (Wildman–Crippen LogP) is 1.13. The number of nitrogens with one attached hydrogen (secondary N) is 1. The summed E-state index contributed by atoms with van der Waals surface area (Å²) in [7, 11) is 1.78. The van der Waals surface area contributed by atoms with Crippen LogP contribution in [0.4, 0.5) is 5.69 Å². The molecule has 0 heterocycles. The fraction of sp³-hybridized carbons (Fsp3) is 0.250. The Morgan fingerprint density at radius 1 is 1.56 bits per heavy atom. The van der Waals surface area contributed by atoms with Gasteiger partial charge in [-0.3, -0.25) is 10.1 Å². The van der Waals surface area contributed by atoms with Crippen LogP contribution in [-0.2, 0) is 0 Å². The van der Waals surface area contributed by atoms with Crippen LogP contribution < -0.4 is 5.32 Å². The van der Waals surface area contributed by atoms with Crippen LogP contribution in [-0.4, -0.2) is 23.6 Å². The van der Waals surface area contributed by atoms with Gasteiger partial charge in [0, 0.05) is 19.0 Å². The van der Waals surface area contributed by atoms with Crippen molar-refractivity contribution in [2.24, 2.45) is 0 Å². The van der Waals surface area contributed by atoms with Crippen LogP contribution in [0.3, 0.4) is 0 Å². The molecule has 1 aromatic carbocycles. The Balaban J connectivity index is 3.17. The van der Waals surface area contributed by atoms with Crippen molar-refractivity contribution in [2.75, 3.05) is 13.6 Å². The van der Waals surface area contributed by atoms with Gasteiger partial charge in [0.25, 0.3) is 0 Å².